The highest BCUT2D eigenvalue weighted by molar-refractivity contribution is 9.10. The molecule has 0 spiro atoms. The van der Waals surface area contributed by atoms with Crippen LogP contribution >= 0.6 is 15.9 Å². The molecule has 4 nitrogen and oxygen atoms in total. The molecule has 0 amide bonds. The van der Waals surface area contributed by atoms with Gasteiger partial charge in [-0.3, -0.25) is 0 Å². The minimum absolute atomic E-state index is 0.198. The monoisotopic (exact) mass is 334 g/mol. The van der Waals surface area contributed by atoms with Gasteiger partial charge >= 0.3 is 5.97 Å². The molecule has 0 fully saturated rings. The predicted molar refractivity (Wildman–Crippen MR) is 82.8 cm³/mol. The van der Waals surface area contributed by atoms with Crippen molar-refractivity contribution in [3.8, 4) is 0 Å². The van der Waals surface area contributed by atoms with Crippen LogP contribution in [-0.2, 0) is 0 Å². The fourth-order valence-corrected chi connectivity index (χ4v) is 2.43. The molecule has 2 rings (SSSR count). The van der Waals surface area contributed by atoms with Crippen LogP contribution in [0.3, 0.4) is 0 Å². The number of hydrogen-bond donors (Lipinski definition) is 2. The van der Waals surface area contributed by atoms with Gasteiger partial charge in [0.2, 0.25) is 0 Å². The fourth-order valence-electron chi connectivity index (χ4n) is 2.07. The molecule has 1 heterocycles. The number of aromatic nitrogens is 1. The topological polar surface area (TPSA) is 62.2 Å². The van der Waals surface area contributed by atoms with Crippen LogP contribution in [0.5, 0.6) is 0 Å². The molecule has 0 aliphatic heterocycles. The van der Waals surface area contributed by atoms with Gasteiger partial charge in [-0.15, -0.1) is 0 Å². The van der Waals surface area contributed by atoms with Crippen molar-refractivity contribution in [1.82, 2.24) is 4.98 Å². The molecule has 5 heteroatoms. The molecule has 0 saturated carbocycles. The van der Waals surface area contributed by atoms with Crippen LogP contribution in [0.1, 0.15) is 27.2 Å². The Labute approximate surface area is 126 Å². The smallest absolute Gasteiger partial charge is 0.339 e. The van der Waals surface area contributed by atoms with E-state index < -0.39 is 5.97 Å². The lowest BCUT2D eigenvalue weighted by molar-refractivity contribution is 0.0697. The second kappa shape index (κ2) is 5.63. The minimum Gasteiger partial charge on any atom is -0.478 e. The second-order valence-corrected chi connectivity index (χ2v) is 5.46. The third kappa shape index (κ3) is 2.82. The van der Waals surface area contributed by atoms with Crippen molar-refractivity contribution >= 4 is 33.4 Å². The lowest BCUT2D eigenvalue weighted by Gasteiger charge is -2.14. The maximum Gasteiger partial charge on any atom is 0.339 e. The lowest BCUT2D eigenvalue weighted by atomic mass is 10.1. The van der Waals surface area contributed by atoms with Gasteiger partial charge in [-0.1, -0.05) is 12.1 Å². The fraction of sp³-hybridized carbons (Fsp3) is 0.200. The molecule has 0 atom stereocenters. The third-order valence-corrected chi connectivity index (χ3v) is 4.06. The van der Waals surface area contributed by atoms with Crippen molar-refractivity contribution in [2.45, 2.75) is 20.8 Å². The van der Waals surface area contributed by atoms with Crippen molar-refractivity contribution in [3.05, 3.63) is 51.1 Å². The molecule has 20 heavy (non-hydrogen) atoms. The van der Waals surface area contributed by atoms with Crippen LogP contribution in [0, 0.1) is 20.8 Å². The van der Waals surface area contributed by atoms with Crippen LogP contribution in [0.2, 0.25) is 0 Å². The summed E-state index contributed by atoms with van der Waals surface area (Å²) >= 11 is 3.50. The molecule has 0 unspecified atom stereocenters. The van der Waals surface area contributed by atoms with E-state index in [0.29, 0.717) is 11.4 Å². The van der Waals surface area contributed by atoms with Gasteiger partial charge in [0.05, 0.1) is 5.69 Å². The number of anilines is 2. The van der Waals surface area contributed by atoms with Gasteiger partial charge < -0.3 is 10.4 Å². The molecule has 104 valence electrons. The normalized spacial score (nSPS) is 10.4. The van der Waals surface area contributed by atoms with E-state index in [-0.39, 0.29) is 5.56 Å². The van der Waals surface area contributed by atoms with Crippen LogP contribution in [0.25, 0.3) is 0 Å². The molecule has 0 saturated heterocycles. The van der Waals surface area contributed by atoms with Crippen LogP contribution in [0.15, 0.2) is 28.7 Å². The van der Waals surface area contributed by atoms with E-state index in [0.717, 1.165) is 21.4 Å². The number of hydrogen-bond acceptors (Lipinski definition) is 3. The zero-order valence-electron chi connectivity index (χ0n) is 11.5. The van der Waals surface area contributed by atoms with Crippen molar-refractivity contribution < 1.29 is 9.90 Å². The van der Waals surface area contributed by atoms with Gasteiger partial charge in [-0.25, -0.2) is 9.78 Å². The first-order valence-electron chi connectivity index (χ1n) is 6.14. The number of nitrogens with zero attached hydrogens (tertiary/aromatic N) is 1. The zero-order chi connectivity index (χ0) is 14.9. The van der Waals surface area contributed by atoms with Crippen LogP contribution in [0.4, 0.5) is 11.5 Å². The quantitative estimate of drug-likeness (QED) is 0.882. The van der Waals surface area contributed by atoms with Crippen LogP contribution in [-0.4, -0.2) is 16.1 Å². The summed E-state index contributed by atoms with van der Waals surface area (Å²) in [6, 6.07) is 7.52. The molecule has 1 aromatic heterocycles. The summed E-state index contributed by atoms with van der Waals surface area (Å²) in [5, 5.41) is 12.5. The first kappa shape index (κ1) is 14.5. The van der Waals surface area contributed by atoms with Gasteiger partial charge in [0, 0.05) is 10.2 Å². The Morgan fingerprint density at radius 2 is 1.95 bits per heavy atom. The summed E-state index contributed by atoms with van der Waals surface area (Å²) in [7, 11) is 0. The van der Waals surface area contributed by atoms with Crippen molar-refractivity contribution in [2.75, 3.05) is 5.32 Å². The van der Waals surface area contributed by atoms with Gasteiger partial charge in [0.1, 0.15) is 11.4 Å². The molecule has 1 aromatic carbocycles. The summed E-state index contributed by atoms with van der Waals surface area (Å²) in [5.74, 6) is -0.623. The number of pyridine rings is 1. The summed E-state index contributed by atoms with van der Waals surface area (Å²) in [6.45, 7) is 5.59. The molecular formula is C15H15BrN2O2. The maximum absolute atomic E-state index is 11.4. The first-order chi connectivity index (χ1) is 9.40. The Hall–Kier alpha value is -1.88. The zero-order valence-corrected chi connectivity index (χ0v) is 13.1. The van der Waals surface area contributed by atoms with E-state index in [1.54, 1.807) is 13.0 Å². The van der Waals surface area contributed by atoms with E-state index in [4.69, 9.17) is 0 Å². The van der Waals surface area contributed by atoms with Crippen molar-refractivity contribution in [3.63, 3.8) is 0 Å². The second-order valence-electron chi connectivity index (χ2n) is 4.67. The third-order valence-electron chi connectivity index (χ3n) is 3.00. The molecular weight excluding hydrogens is 320 g/mol. The van der Waals surface area contributed by atoms with E-state index in [1.807, 2.05) is 32.0 Å². The van der Waals surface area contributed by atoms with E-state index in [2.05, 4.69) is 26.2 Å². The average molecular weight is 335 g/mol. The largest absolute Gasteiger partial charge is 0.478 e. The van der Waals surface area contributed by atoms with E-state index >= 15 is 0 Å². The molecule has 0 bridgehead atoms. The number of carboxylic acid groups (broad SMARTS) is 1. The lowest BCUT2D eigenvalue weighted by Crippen LogP contribution is -2.08. The van der Waals surface area contributed by atoms with Gasteiger partial charge in [-0.2, -0.15) is 0 Å². The number of aromatic carboxylic acids is 1. The molecule has 0 aliphatic rings. The maximum atomic E-state index is 11.4. The van der Waals surface area contributed by atoms with Gasteiger partial charge in [-0.05, 0) is 60.0 Å². The first-order valence-corrected chi connectivity index (χ1v) is 6.93. The standard InChI is InChI=1S/C15H15BrN2O2/c1-8-5-4-6-11(13(8)16)18-14-12(15(19)20)9(2)7-10(3)17-14/h4-7H,1-3H3,(H,17,18)(H,19,20). The number of rotatable bonds is 3. The van der Waals surface area contributed by atoms with Crippen molar-refractivity contribution in [1.29, 1.82) is 0 Å². The molecule has 2 aromatic rings. The van der Waals surface area contributed by atoms with Crippen LogP contribution < -0.4 is 5.32 Å². The van der Waals surface area contributed by atoms with E-state index in [9.17, 15) is 9.90 Å². The number of carbonyl (C=O) groups is 1. The Morgan fingerprint density at radius 1 is 1.25 bits per heavy atom. The SMILES string of the molecule is Cc1cc(C)c(C(=O)O)c(Nc2cccc(C)c2Br)n1. The van der Waals surface area contributed by atoms with Crippen molar-refractivity contribution in [2.24, 2.45) is 0 Å². The van der Waals surface area contributed by atoms with Gasteiger partial charge in [0.15, 0.2) is 0 Å². The minimum atomic E-state index is -0.985. The summed E-state index contributed by atoms with van der Waals surface area (Å²) in [5.41, 5.74) is 3.53. The number of nitrogens with one attached hydrogen (secondary N) is 1. The predicted octanol–water partition coefficient (Wildman–Crippen LogP) is 4.21. The number of halogens is 1. The van der Waals surface area contributed by atoms with E-state index in [1.165, 1.54) is 0 Å². The Kier molecular flexibility index (Phi) is 4.09. The Morgan fingerprint density at radius 3 is 2.60 bits per heavy atom. The Balaban J connectivity index is 2.53. The molecule has 2 N–H and O–H groups in total. The highest BCUT2D eigenvalue weighted by Crippen LogP contribution is 2.30. The summed E-state index contributed by atoms with van der Waals surface area (Å²) < 4.78 is 0.900. The highest BCUT2D eigenvalue weighted by atomic mass is 79.9. The number of aryl methyl sites for hydroxylation is 3. The van der Waals surface area contributed by atoms with Gasteiger partial charge in [0.25, 0.3) is 0 Å². The number of benzene rings is 1. The highest BCUT2D eigenvalue weighted by Gasteiger charge is 2.16. The summed E-state index contributed by atoms with van der Waals surface area (Å²) in [4.78, 5) is 15.7. The molecule has 0 radical (unpaired) electrons. The number of carboxylic acids is 1. The Bertz CT molecular complexity index is 684. The average Bonchev–Trinajstić information content (AvgIpc) is 2.33. The summed E-state index contributed by atoms with van der Waals surface area (Å²) in [6.07, 6.45) is 0. The molecule has 0 aliphatic carbocycles.